The minimum atomic E-state index is -0.254. The molecule has 4 aromatic rings. The van der Waals surface area contributed by atoms with Crippen molar-refractivity contribution in [1.29, 1.82) is 0 Å². The molecule has 5 rings (SSSR count). The predicted molar refractivity (Wildman–Crippen MR) is 119 cm³/mol. The number of hydrogen-bond donors (Lipinski definition) is 0. The fraction of sp³-hybridized carbons (Fsp3) is 0.217. The molecule has 1 aliphatic heterocycles. The highest BCUT2D eigenvalue weighted by Gasteiger charge is 2.25. The first-order valence-electron chi connectivity index (χ1n) is 9.84. The molecule has 1 aliphatic rings. The number of piperazine rings is 1. The second-order valence-corrected chi connectivity index (χ2v) is 8.54. The van der Waals surface area contributed by atoms with Gasteiger partial charge in [0.2, 0.25) is 0 Å². The van der Waals surface area contributed by atoms with Crippen molar-refractivity contribution in [3.8, 4) is 0 Å². The lowest BCUT2D eigenvalue weighted by molar-refractivity contribution is 0.0751. The van der Waals surface area contributed by atoms with E-state index in [4.69, 9.17) is 0 Å². The molecule has 30 heavy (non-hydrogen) atoms. The Bertz CT molecular complexity index is 1320. The van der Waals surface area contributed by atoms with Crippen LogP contribution in [0.4, 0.5) is 10.1 Å². The fourth-order valence-corrected chi connectivity index (χ4v) is 5.23. The van der Waals surface area contributed by atoms with E-state index in [-0.39, 0.29) is 17.3 Å². The zero-order chi connectivity index (χ0) is 20.8. The van der Waals surface area contributed by atoms with Gasteiger partial charge in [0.05, 0.1) is 15.8 Å². The highest BCUT2D eigenvalue weighted by molar-refractivity contribution is 7.21. The standard InChI is InChI=1S/C23H20FN3O2S/c1-25-19-5-3-2-4-17(19)21-18(22(25)28)14-20(30-21)23(29)27-12-10-26(11-13-27)16-8-6-15(24)7-9-16/h2-9,14H,10-13H2,1H3. The van der Waals surface area contributed by atoms with Gasteiger partial charge in [-0.2, -0.15) is 0 Å². The number of rotatable bonds is 2. The van der Waals surface area contributed by atoms with Gasteiger partial charge >= 0.3 is 0 Å². The Morgan fingerprint density at radius 2 is 1.67 bits per heavy atom. The molecule has 1 amide bonds. The monoisotopic (exact) mass is 421 g/mol. The number of carbonyl (C=O) groups excluding carboxylic acids is 1. The number of benzene rings is 2. The molecule has 1 saturated heterocycles. The molecule has 2 aromatic heterocycles. The first kappa shape index (κ1) is 18.8. The van der Waals surface area contributed by atoms with Crippen LogP contribution in [0.3, 0.4) is 0 Å². The van der Waals surface area contributed by atoms with E-state index in [1.165, 1.54) is 23.5 Å². The highest BCUT2D eigenvalue weighted by atomic mass is 32.1. The van der Waals surface area contributed by atoms with Crippen LogP contribution in [0.1, 0.15) is 9.67 Å². The Morgan fingerprint density at radius 3 is 2.40 bits per heavy atom. The average molecular weight is 421 g/mol. The van der Waals surface area contributed by atoms with Crippen molar-refractivity contribution in [2.45, 2.75) is 0 Å². The summed E-state index contributed by atoms with van der Waals surface area (Å²) in [6, 6.07) is 15.9. The third-order valence-corrected chi connectivity index (χ3v) is 6.90. The second-order valence-electron chi connectivity index (χ2n) is 7.49. The summed E-state index contributed by atoms with van der Waals surface area (Å²) in [5, 5.41) is 1.58. The van der Waals surface area contributed by atoms with Crippen molar-refractivity contribution < 1.29 is 9.18 Å². The lowest BCUT2D eigenvalue weighted by Crippen LogP contribution is -2.48. The van der Waals surface area contributed by atoms with E-state index in [9.17, 15) is 14.0 Å². The van der Waals surface area contributed by atoms with E-state index in [0.29, 0.717) is 36.4 Å². The first-order valence-corrected chi connectivity index (χ1v) is 10.7. The van der Waals surface area contributed by atoms with Gasteiger partial charge in [0.1, 0.15) is 5.82 Å². The Morgan fingerprint density at radius 1 is 0.967 bits per heavy atom. The number of carbonyl (C=O) groups is 1. The maximum Gasteiger partial charge on any atom is 0.264 e. The lowest BCUT2D eigenvalue weighted by atomic mass is 10.1. The summed E-state index contributed by atoms with van der Waals surface area (Å²) in [7, 11) is 1.76. The van der Waals surface area contributed by atoms with Crippen LogP contribution < -0.4 is 10.5 Å². The average Bonchev–Trinajstić information content (AvgIpc) is 3.23. The molecule has 0 atom stereocenters. The van der Waals surface area contributed by atoms with Crippen molar-refractivity contribution in [3.63, 3.8) is 0 Å². The zero-order valence-electron chi connectivity index (χ0n) is 16.5. The van der Waals surface area contributed by atoms with Crippen LogP contribution in [0.2, 0.25) is 0 Å². The van der Waals surface area contributed by atoms with E-state index in [0.717, 1.165) is 21.3 Å². The van der Waals surface area contributed by atoms with Crippen LogP contribution in [0, 0.1) is 5.82 Å². The number of para-hydroxylation sites is 1. The van der Waals surface area contributed by atoms with Crippen LogP contribution in [-0.4, -0.2) is 41.6 Å². The van der Waals surface area contributed by atoms with E-state index in [1.807, 2.05) is 29.2 Å². The number of hydrogen-bond acceptors (Lipinski definition) is 4. The number of fused-ring (bicyclic) bond motifs is 3. The van der Waals surface area contributed by atoms with Crippen molar-refractivity contribution >= 4 is 43.9 Å². The van der Waals surface area contributed by atoms with Gasteiger partial charge in [0, 0.05) is 49.0 Å². The molecule has 3 heterocycles. The molecule has 0 spiro atoms. The van der Waals surface area contributed by atoms with Gasteiger partial charge in [0.15, 0.2) is 0 Å². The van der Waals surface area contributed by atoms with Gasteiger partial charge in [-0.15, -0.1) is 11.3 Å². The van der Waals surface area contributed by atoms with Gasteiger partial charge in [-0.05, 0) is 36.4 Å². The number of amides is 1. The molecule has 1 fully saturated rings. The van der Waals surface area contributed by atoms with Crippen LogP contribution in [0.15, 0.2) is 59.4 Å². The van der Waals surface area contributed by atoms with Gasteiger partial charge < -0.3 is 14.4 Å². The molecule has 0 radical (unpaired) electrons. The topological polar surface area (TPSA) is 45.6 Å². The maximum absolute atomic E-state index is 13.2. The van der Waals surface area contributed by atoms with Gasteiger partial charge in [-0.1, -0.05) is 18.2 Å². The summed E-state index contributed by atoms with van der Waals surface area (Å²) in [5.74, 6) is -0.294. The van der Waals surface area contributed by atoms with Gasteiger partial charge in [-0.25, -0.2) is 4.39 Å². The number of aryl methyl sites for hydroxylation is 1. The van der Waals surface area contributed by atoms with E-state index in [2.05, 4.69) is 4.90 Å². The molecule has 0 aliphatic carbocycles. The Labute approximate surface area is 176 Å². The zero-order valence-corrected chi connectivity index (χ0v) is 17.3. The second kappa shape index (κ2) is 7.25. The molecule has 5 nitrogen and oxygen atoms in total. The number of nitrogens with zero attached hydrogens (tertiary/aromatic N) is 3. The van der Waals surface area contributed by atoms with Gasteiger partial charge in [0.25, 0.3) is 11.5 Å². The van der Waals surface area contributed by atoms with Crippen molar-refractivity contribution in [1.82, 2.24) is 9.47 Å². The molecular formula is C23H20FN3O2S. The van der Waals surface area contributed by atoms with Gasteiger partial charge in [-0.3, -0.25) is 9.59 Å². The number of thiophene rings is 1. The number of aromatic nitrogens is 1. The summed E-state index contributed by atoms with van der Waals surface area (Å²) < 4.78 is 15.7. The summed E-state index contributed by atoms with van der Waals surface area (Å²) in [6.07, 6.45) is 0. The van der Waals surface area contributed by atoms with Crippen LogP contribution >= 0.6 is 11.3 Å². The molecule has 0 N–H and O–H groups in total. The van der Waals surface area contributed by atoms with E-state index < -0.39 is 0 Å². The Balaban J connectivity index is 1.42. The maximum atomic E-state index is 13.2. The molecule has 7 heteroatoms. The van der Waals surface area contributed by atoms with Crippen LogP contribution in [0.25, 0.3) is 21.0 Å². The quantitative estimate of drug-likeness (QED) is 0.494. The molecule has 0 bridgehead atoms. The smallest absolute Gasteiger partial charge is 0.264 e. The van der Waals surface area contributed by atoms with Crippen molar-refractivity contribution in [2.24, 2.45) is 7.05 Å². The van der Waals surface area contributed by atoms with Crippen LogP contribution in [-0.2, 0) is 7.05 Å². The Hall–Kier alpha value is -3.19. The number of anilines is 1. The Kier molecular flexibility index (Phi) is 4.55. The molecule has 2 aromatic carbocycles. The van der Waals surface area contributed by atoms with Crippen molar-refractivity contribution in [2.75, 3.05) is 31.1 Å². The normalized spacial score (nSPS) is 14.6. The minimum Gasteiger partial charge on any atom is -0.368 e. The highest BCUT2D eigenvalue weighted by Crippen LogP contribution is 2.31. The largest absolute Gasteiger partial charge is 0.368 e. The fourth-order valence-electron chi connectivity index (χ4n) is 4.08. The first-order chi connectivity index (χ1) is 14.5. The predicted octanol–water partition coefficient (Wildman–Crippen LogP) is 3.85. The molecule has 0 unspecified atom stereocenters. The summed E-state index contributed by atoms with van der Waals surface area (Å²) >= 11 is 1.39. The number of pyridine rings is 1. The third kappa shape index (κ3) is 3.06. The molecule has 152 valence electrons. The van der Waals surface area contributed by atoms with Crippen LogP contribution in [0.5, 0.6) is 0 Å². The third-order valence-electron chi connectivity index (χ3n) is 5.75. The van der Waals surface area contributed by atoms with E-state index in [1.54, 1.807) is 29.8 Å². The lowest BCUT2D eigenvalue weighted by Gasteiger charge is -2.36. The summed E-state index contributed by atoms with van der Waals surface area (Å²) in [4.78, 5) is 30.5. The molecule has 0 saturated carbocycles. The minimum absolute atomic E-state index is 0.0407. The SMILES string of the molecule is Cn1c(=O)c2cc(C(=O)N3CCN(c4ccc(F)cc4)CC3)sc2c2ccccc21. The van der Waals surface area contributed by atoms with Crippen molar-refractivity contribution in [3.05, 3.63) is 75.6 Å². The molecular weight excluding hydrogens is 401 g/mol. The van der Waals surface area contributed by atoms with E-state index >= 15 is 0 Å². The number of halogens is 1. The summed E-state index contributed by atoms with van der Waals surface area (Å²) in [6.45, 7) is 2.55. The summed E-state index contributed by atoms with van der Waals surface area (Å²) in [5.41, 5.74) is 1.74.